The van der Waals surface area contributed by atoms with Crippen molar-refractivity contribution < 1.29 is 14.4 Å². The van der Waals surface area contributed by atoms with Crippen LogP contribution < -0.4 is 20.9 Å². The van der Waals surface area contributed by atoms with Gasteiger partial charge in [0.25, 0.3) is 11.8 Å². The number of thioether (sulfide) groups is 1. The lowest BCUT2D eigenvalue weighted by Gasteiger charge is -2.14. The van der Waals surface area contributed by atoms with Crippen molar-refractivity contribution in [1.29, 1.82) is 0 Å². The molecule has 214 valence electrons. The molecule has 7 nitrogen and oxygen atoms in total. The van der Waals surface area contributed by atoms with E-state index in [4.69, 9.17) is 11.6 Å². The Balaban J connectivity index is 1.44. The van der Waals surface area contributed by atoms with Crippen molar-refractivity contribution in [3.8, 4) is 0 Å². The SMILES string of the molecule is CC(Sc1ccc(NC(=O)/C(=C/c2ccc(N(C)C)cc2)NC(=O)c2ccccc2)cc1)C(=O)Nc1cccc(Cl)c1. The van der Waals surface area contributed by atoms with Crippen molar-refractivity contribution in [1.82, 2.24) is 5.32 Å². The fourth-order valence-corrected chi connectivity index (χ4v) is 4.92. The number of nitrogens with zero attached hydrogens (tertiary/aromatic N) is 1. The predicted molar refractivity (Wildman–Crippen MR) is 173 cm³/mol. The minimum Gasteiger partial charge on any atom is -0.378 e. The van der Waals surface area contributed by atoms with Crippen LogP contribution in [0.2, 0.25) is 5.02 Å². The average Bonchev–Trinajstić information content (AvgIpc) is 2.98. The standard InChI is InChI=1S/C33H31ClN4O3S/c1-22(31(39)36-27-11-7-10-25(34)21-27)42-29-18-14-26(15-19-29)35-33(41)30(37-32(40)24-8-5-4-6-9-24)20-23-12-16-28(17-13-23)38(2)3/h4-22H,1-3H3,(H,35,41)(H,36,39)(H,37,40)/b30-20-. The van der Waals surface area contributed by atoms with Crippen LogP contribution in [0.4, 0.5) is 17.1 Å². The van der Waals surface area contributed by atoms with Gasteiger partial charge in [0.2, 0.25) is 5.91 Å². The lowest BCUT2D eigenvalue weighted by molar-refractivity contribution is -0.115. The molecule has 0 spiro atoms. The van der Waals surface area contributed by atoms with Gasteiger partial charge < -0.3 is 20.9 Å². The number of carbonyl (C=O) groups excluding carboxylic acids is 3. The van der Waals surface area contributed by atoms with Crippen LogP contribution in [-0.4, -0.2) is 37.1 Å². The third-order valence-electron chi connectivity index (χ3n) is 6.14. The number of halogens is 1. The Bertz CT molecular complexity index is 1570. The molecule has 4 rings (SSSR count). The second kappa shape index (κ2) is 14.4. The molecule has 0 aromatic heterocycles. The first kappa shape index (κ1) is 30.4. The van der Waals surface area contributed by atoms with Crippen LogP contribution in [0, 0.1) is 0 Å². The summed E-state index contributed by atoms with van der Waals surface area (Å²) in [5.41, 5.74) is 3.50. The van der Waals surface area contributed by atoms with Gasteiger partial charge in [0.05, 0.1) is 5.25 Å². The molecule has 0 radical (unpaired) electrons. The normalized spacial score (nSPS) is 11.8. The topological polar surface area (TPSA) is 90.5 Å². The van der Waals surface area contributed by atoms with E-state index in [-0.39, 0.29) is 16.9 Å². The first-order valence-corrected chi connectivity index (χ1v) is 14.4. The minimum absolute atomic E-state index is 0.103. The van der Waals surface area contributed by atoms with Gasteiger partial charge in [-0.2, -0.15) is 0 Å². The van der Waals surface area contributed by atoms with Crippen molar-refractivity contribution >= 4 is 64.2 Å². The number of anilines is 3. The minimum atomic E-state index is -0.467. The molecule has 4 aromatic rings. The Hall–Kier alpha value is -4.53. The van der Waals surface area contributed by atoms with E-state index >= 15 is 0 Å². The third kappa shape index (κ3) is 8.73. The summed E-state index contributed by atoms with van der Waals surface area (Å²) in [4.78, 5) is 41.7. The summed E-state index contributed by atoms with van der Waals surface area (Å²) in [5, 5.41) is 8.66. The Morgan fingerprint density at radius 2 is 1.50 bits per heavy atom. The van der Waals surface area contributed by atoms with Crippen LogP contribution in [0.3, 0.4) is 0 Å². The van der Waals surface area contributed by atoms with Gasteiger partial charge in [-0.05, 0) is 85.3 Å². The number of carbonyl (C=O) groups is 3. The van der Waals surface area contributed by atoms with E-state index < -0.39 is 11.8 Å². The second-order valence-electron chi connectivity index (χ2n) is 9.60. The summed E-state index contributed by atoms with van der Waals surface area (Å²) in [7, 11) is 3.90. The molecule has 0 saturated heterocycles. The van der Waals surface area contributed by atoms with E-state index in [9.17, 15) is 14.4 Å². The molecular weight excluding hydrogens is 568 g/mol. The van der Waals surface area contributed by atoms with Gasteiger partial charge >= 0.3 is 0 Å². The highest BCUT2D eigenvalue weighted by Crippen LogP contribution is 2.26. The molecule has 0 aliphatic carbocycles. The van der Waals surface area contributed by atoms with Gasteiger partial charge in [-0.3, -0.25) is 14.4 Å². The van der Waals surface area contributed by atoms with E-state index in [1.165, 1.54) is 11.8 Å². The lowest BCUT2D eigenvalue weighted by Crippen LogP contribution is -2.30. The summed E-state index contributed by atoms with van der Waals surface area (Å²) < 4.78 is 0. The molecule has 0 bridgehead atoms. The van der Waals surface area contributed by atoms with E-state index in [2.05, 4.69) is 16.0 Å². The van der Waals surface area contributed by atoms with Crippen LogP contribution in [0.5, 0.6) is 0 Å². The summed E-state index contributed by atoms with van der Waals surface area (Å²) in [6.07, 6.45) is 1.64. The fraction of sp³-hybridized carbons (Fsp3) is 0.121. The van der Waals surface area contributed by atoms with Crippen LogP contribution in [0.25, 0.3) is 6.08 Å². The third-order valence-corrected chi connectivity index (χ3v) is 7.48. The zero-order valence-electron chi connectivity index (χ0n) is 23.4. The molecule has 1 unspecified atom stereocenters. The van der Waals surface area contributed by atoms with Gasteiger partial charge in [-0.1, -0.05) is 48.0 Å². The number of benzene rings is 4. The number of nitrogens with one attached hydrogen (secondary N) is 3. The monoisotopic (exact) mass is 598 g/mol. The molecular formula is C33H31ClN4O3S. The van der Waals surface area contributed by atoms with Crippen LogP contribution in [0.1, 0.15) is 22.8 Å². The molecule has 9 heteroatoms. The van der Waals surface area contributed by atoms with Crippen molar-refractivity contribution in [2.75, 3.05) is 29.6 Å². The van der Waals surface area contributed by atoms with Crippen LogP contribution in [-0.2, 0) is 9.59 Å². The van der Waals surface area contributed by atoms with Crippen LogP contribution >= 0.6 is 23.4 Å². The smallest absolute Gasteiger partial charge is 0.272 e. The van der Waals surface area contributed by atoms with E-state index in [1.54, 1.807) is 66.7 Å². The second-order valence-corrected chi connectivity index (χ2v) is 11.5. The molecule has 0 saturated carbocycles. The molecule has 0 aliphatic rings. The summed E-state index contributed by atoms with van der Waals surface area (Å²) in [6.45, 7) is 1.82. The molecule has 1 atom stereocenters. The maximum absolute atomic E-state index is 13.3. The highest BCUT2D eigenvalue weighted by molar-refractivity contribution is 8.00. The molecule has 0 heterocycles. The molecule has 4 aromatic carbocycles. The first-order valence-electron chi connectivity index (χ1n) is 13.2. The maximum Gasteiger partial charge on any atom is 0.272 e. The van der Waals surface area contributed by atoms with Gasteiger partial charge in [0.1, 0.15) is 5.70 Å². The largest absolute Gasteiger partial charge is 0.378 e. The molecule has 3 N–H and O–H groups in total. The summed E-state index contributed by atoms with van der Waals surface area (Å²) >= 11 is 7.40. The predicted octanol–water partition coefficient (Wildman–Crippen LogP) is 6.93. The molecule has 3 amide bonds. The van der Waals surface area contributed by atoms with E-state index in [0.29, 0.717) is 22.0 Å². The molecule has 0 aliphatic heterocycles. The van der Waals surface area contributed by atoms with E-state index in [0.717, 1.165) is 16.1 Å². The lowest BCUT2D eigenvalue weighted by atomic mass is 10.1. The maximum atomic E-state index is 13.3. The zero-order chi connectivity index (χ0) is 30.1. The summed E-state index contributed by atoms with van der Waals surface area (Å²) in [5.74, 6) is -1.01. The molecule has 0 fully saturated rings. The quantitative estimate of drug-likeness (QED) is 0.136. The highest BCUT2D eigenvalue weighted by atomic mass is 35.5. The Kier molecular flexibility index (Phi) is 10.4. The number of rotatable bonds is 10. The van der Waals surface area contributed by atoms with Crippen molar-refractivity contribution in [2.24, 2.45) is 0 Å². The van der Waals surface area contributed by atoms with E-state index in [1.807, 2.05) is 68.4 Å². The highest BCUT2D eigenvalue weighted by Gasteiger charge is 2.17. The Morgan fingerprint density at radius 3 is 2.14 bits per heavy atom. The number of hydrogen-bond acceptors (Lipinski definition) is 5. The van der Waals surface area contributed by atoms with Gasteiger partial charge in [-0.15, -0.1) is 11.8 Å². The van der Waals surface area contributed by atoms with Crippen molar-refractivity contribution in [3.63, 3.8) is 0 Å². The first-order chi connectivity index (χ1) is 20.2. The van der Waals surface area contributed by atoms with Crippen molar-refractivity contribution in [3.05, 3.63) is 125 Å². The van der Waals surface area contributed by atoms with Gasteiger partial charge in [-0.25, -0.2) is 0 Å². The number of hydrogen-bond donors (Lipinski definition) is 3. The fourth-order valence-electron chi connectivity index (χ4n) is 3.86. The Morgan fingerprint density at radius 1 is 0.810 bits per heavy atom. The zero-order valence-corrected chi connectivity index (χ0v) is 25.0. The van der Waals surface area contributed by atoms with Crippen LogP contribution in [0.15, 0.2) is 114 Å². The van der Waals surface area contributed by atoms with Gasteiger partial charge in [0, 0.05) is 46.6 Å². The average molecular weight is 599 g/mol. The van der Waals surface area contributed by atoms with Crippen molar-refractivity contribution in [2.45, 2.75) is 17.1 Å². The van der Waals surface area contributed by atoms with Gasteiger partial charge in [0.15, 0.2) is 0 Å². The Labute approximate surface area is 255 Å². The number of amides is 3. The summed E-state index contributed by atoms with van der Waals surface area (Å²) in [6, 6.07) is 30.5. The molecule has 42 heavy (non-hydrogen) atoms.